The maximum atomic E-state index is 12.5. The van der Waals surface area contributed by atoms with Crippen LogP contribution in [0.4, 0.5) is 0 Å². The van der Waals surface area contributed by atoms with Gasteiger partial charge in [-0.25, -0.2) is 4.79 Å². The van der Waals surface area contributed by atoms with Gasteiger partial charge in [-0.05, 0) is 30.2 Å². The second kappa shape index (κ2) is 8.22. The minimum Gasteiger partial charge on any atom is -0.341 e. The Morgan fingerprint density at radius 2 is 1.89 bits per heavy atom. The molecule has 1 amide bonds. The van der Waals surface area contributed by atoms with Gasteiger partial charge in [0, 0.05) is 31.6 Å². The molecule has 0 spiro atoms. The van der Waals surface area contributed by atoms with Gasteiger partial charge < -0.3 is 9.88 Å². The van der Waals surface area contributed by atoms with Crippen LogP contribution >= 0.6 is 11.6 Å². The van der Waals surface area contributed by atoms with Crippen molar-refractivity contribution in [1.82, 2.24) is 14.5 Å². The molecular weight excluding hydrogens is 366 g/mol. The van der Waals surface area contributed by atoms with E-state index < -0.39 is 5.69 Å². The Kier molecular flexibility index (Phi) is 5.76. The molecule has 0 saturated heterocycles. The maximum absolute atomic E-state index is 12.5. The van der Waals surface area contributed by atoms with E-state index >= 15 is 0 Å². The van der Waals surface area contributed by atoms with Gasteiger partial charge in [0.1, 0.15) is 0 Å². The third kappa shape index (κ3) is 4.46. The zero-order chi connectivity index (χ0) is 19.4. The van der Waals surface area contributed by atoms with Crippen molar-refractivity contribution >= 4 is 28.4 Å². The van der Waals surface area contributed by atoms with Crippen molar-refractivity contribution in [2.75, 3.05) is 7.05 Å². The van der Waals surface area contributed by atoms with Crippen LogP contribution in [0.15, 0.2) is 58.1 Å². The first-order chi connectivity index (χ1) is 13.0. The molecule has 0 unspecified atom stereocenters. The minimum atomic E-state index is -0.500. The number of aromatic nitrogens is 2. The molecular formula is C20H20ClN3O3. The smallest absolute Gasteiger partial charge is 0.328 e. The number of rotatable bonds is 6. The van der Waals surface area contributed by atoms with Gasteiger partial charge >= 0.3 is 5.69 Å². The average molecular weight is 386 g/mol. The molecule has 27 heavy (non-hydrogen) atoms. The number of H-pyrrole nitrogens is 1. The van der Waals surface area contributed by atoms with Gasteiger partial charge in [0.25, 0.3) is 5.56 Å². The van der Waals surface area contributed by atoms with Crippen LogP contribution in [0.2, 0.25) is 5.02 Å². The lowest BCUT2D eigenvalue weighted by Crippen LogP contribution is -2.35. The maximum Gasteiger partial charge on any atom is 0.328 e. The van der Waals surface area contributed by atoms with E-state index in [9.17, 15) is 14.4 Å². The zero-order valence-corrected chi connectivity index (χ0v) is 15.7. The number of amides is 1. The molecule has 3 aromatic rings. The lowest BCUT2D eigenvalue weighted by molar-refractivity contribution is -0.130. The number of carbonyl (C=O) groups excluding carboxylic acids is 1. The molecule has 1 heterocycles. The number of hydrogen-bond acceptors (Lipinski definition) is 3. The van der Waals surface area contributed by atoms with Crippen LogP contribution in [0.25, 0.3) is 10.9 Å². The lowest BCUT2D eigenvalue weighted by Gasteiger charge is -2.17. The van der Waals surface area contributed by atoms with E-state index in [0.717, 1.165) is 10.1 Å². The highest BCUT2D eigenvalue weighted by atomic mass is 35.5. The number of benzene rings is 2. The highest BCUT2D eigenvalue weighted by Gasteiger charge is 2.11. The van der Waals surface area contributed by atoms with E-state index in [1.54, 1.807) is 30.1 Å². The SMILES string of the molecule is CN(Cc1ccccc1)C(=O)CCCn1c(=O)[nH]c2cc(Cl)ccc2c1=O. The summed E-state index contributed by atoms with van der Waals surface area (Å²) < 4.78 is 1.13. The van der Waals surface area contributed by atoms with Gasteiger partial charge in [-0.15, -0.1) is 0 Å². The summed E-state index contributed by atoms with van der Waals surface area (Å²) in [7, 11) is 1.74. The van der Waals surface area contributed by atoms with Crippen molar-refractivity contribution in [3.8, 4) is 0 Å². The largest absolute Gasteiger partial charge is 0.341 e. The van der Waals surface area contributed by atoms with Crippen LogP contribution < -0.4 is 11.2 Å². The molecule has 6 nitrogen and oxygen atoms in total. The first-order valence-electron chi connectivity index (χ1n) is 8.66. The van der Waals surface area contributed by atoms with Crippen molar-refractivity contribution in [2.45, 2.75) is 25.9 Å². The van der Waals surface area contributed by atoms with E-state index in [2.05, 4.69) is 4.98 Å². The van der Waals surface area contributed by atoms with Crippen LogP contribution in [-0.4, -0.2) is 27.4 Å². The topological polar surface area (TPSA) is 75.2 Å². The average Bonchev–Trinajstić information content (AvgIpc) is 2.64. The molecule has 7 heteroatoms. The Morgan fingerprint density at radius 3 is 2.63 bits per heavy atom. The monoisotopic (exact) mass is 385 g/mol. The summed E-state index contributed by atoms with van der Waals surface area (Å²) in [5.41, 5.74) is 0.581. The molecule has 0 saturated carbocycles. The summed E-state index contributed by atoms with van der Waals surface area (Å²) in [6, 6.07) is 14.5. The van der Waals surface area contributed by atoms with Gasteiger partial charge in [-0.1, -0.05) is 41.9 Å². The molecule has 140 valence electrons. The number of carbonyl (C=O) groups is 1. The van der Waals surface area contributed by atoms with Crippen molar-refractivity contribution in [3.63, 3.8) is 0 Å². The summed E-state index contributed by atoms with van der Waals surface area (Å²) in [5, 5.41) is 0.842. The normalized spacial score (nSPS) is 10.9. The molecule has 0 aliphatic carbocycles. The Balaban J connectivity index is 1.65. The number of nitrogens with one attached hydrogen (secondary N) is 1. The summed E-state index contributed by atoms with van der Waals surface area (Å²) in [6.45, 7) is 0.703. The lowest BCUT2D eigenvalue weighted by atomic mass is 10.2. The van der Waals surface area contributed by atoms with Gasteiger partial charge in [-0.3, -0.25) is 14.2 Å². The van der Waals surface area contributed by atoms with Crippen LogP contribution in [0, 0.1) is 0 Å². The van der Waals surface area contributed by atoms with E-state index in [4.69, 9.17) is 11.6 Å². The van der Waals surface area contributed by atoms with Gasteiger partial charge in [0.15, 0.2) is 0 Å². The Morgan fingerprint density at radius 1 is 1.15 bits per heavy atom. The predicted molar refractivity (Wildman–Crippen MR) is 106 cm³/mol. The molecule has 0 atom stereocenters. The molecule has 0 aliphatic rings. The predicted octanol–water partition coefficient (Wildman–Crippen LogP) is 2.78. The number of hydrogen-bond donors (Lipinski definition) is 1. The number of aromatic amines is 1. The number of fused-ring (bicyclic) bond motifs is 1. The Bertz CT molecular complexity index is 1070. The fraction of sp³-hybridized carbons (Fsp3) is 0.250. The van der Waals surface area contributed by atoms with Gasteiger partial charge in [0.2, 0.25) is 5.91 Å². The van der Waals surface area contributed by atoms with Crippen molar-refractivity contribution < 1.29 is 4.79 Å². The quantitative estimate of drug-likeness (QED) is 0.709. The summed E-state index contributed by atoms with van der Waals surface area (Å²) in [4.78, 5) is 41.3. The minimum absolute atomic E-state index is 0.0316. The molecule has 3 rings (SSSR count). The summed E-state index contributed by atoms with van der Waals surface area (Å²) in [5.74, 6) is -0.0316. The van der Waals surface area contributed by atoms with Crippen LogP contribution in [0.5, 0.6) is 0 Å². The third-order valence-electron chi connectivity index (χ3n) is 4.40. The fourth-order valence-corrected chi connectivity index (χ4v) is 3.13. The third-order valence-corrected chi connectivity index (χ3v) is 4.64. The standard InChI is InChI=1S/C20H20ClN3O3/c1-23(13-14-6-3-2-4-7-14)18(25)8-5-11-24-19(26)16-10-9-15(21)12-17(16)22-20(24)27/h2-4,6-7,9-10,12H,5,8,11,13H2,1H3,(H,22,27). The zero-order valence-electron chi connectivity index (χ0n) is 14.9. The first-order valence-corrected chi connectivity index (χ1v) is 9.04. The first kappa shape index (κ1) is 18.9. The summed E-state index contributed by atoms with van der Waals surface area (Å²) >= 11 is 5.90. The number of halogens is 1. The molecule has 0 fully saturated rings. The molecule has 0 radical (unpaired) electrons. The highest BCUT2D eigenvalue weighted by molar-refractivity contribution is 6.31. The van der Waals surface area contributed by atoms with Gasteiger partial charge in [0.05, 0.1) is 10.9 Å². The van der Waals surface area contributed by atoms with Crippen molar-refractivity contribution in [1.29, 1.82) is 0 Å². The van der Waals surface area contributed by atoms with Crippen molar-refractivity contribution in [3.05, 3.63) is 80.0 Å². The molecule has 0 bridgehead atoms. The molecule has 2 aromatic carbocycles. The van der Waals surface area contributed by atoms with E-state index in [0.29, 0.717) is 28.9 Å². The van der Waals surface area contributed by atoms with E-state index in [1.165, 1.54) is 0 Å². The van der Waals surface area contributed by atoms with Crippen LogP contribution in [0.3, 0.4) is 0 Å². The molecule has 1 N–H and O–H groups in total. The molecule has 1 aromatic heterocycles. The Hall–Kier alpha value is -2.86. The Labute approximate surface area is 161 Å². The summed E-state index contributed by atoms with van der Waals surface area (Å²) in [6.07, 6.45) is 0.661. The fourth-order valence-electron chi connectivity index (χ4n) is 2.95. The van der Waals surface area contributed by atoms with E-state index in [1.807, 2.05) is 30.3 Å². The second-order valence-electron chi connectivity index (χ2n) is 6.42. The molecule has 0 aliphatic heterocycles. The highest BCUT2D eigenvalue weighted by Crippen LogP contribution is 2.13. The van der Waals surface area contributed by atoms with E-state index in [-0.39, 0.29) is 24.4 Å². The van der Waals surface area contributed by atoms with Crippen LogP contribution in [0.1, 0.15) is 18.4 Å². The van der Waals surface area contributed by atoms with Gasteiger partial charge in [-0.2, -0.15) is 0 Å². The second-order valence-corrected chi connectivity index (χ2v) is 6.85. The van der Waals surface area contributed by atoms with Crippen molar-refractivity contribution in [2.24, 2.45) is 0 Å². The number of nitrogens with zero attached hydrogens (tertiary/aromatic N) is 2. The van der Waals surface area contributed by atoms with Crippen LogP contribution in [-0.2, 0) is 17.9 Å².